The first kappa shape index (κ1) is 25.6. The molecule has 1 aromatic carbocycles. The summed E-state index contributed by atoms with van der Waals surface area (Å²) in [6, 6.07) is 9.86. The van der Waals surface area contributed by atoms with Crippen molar-refractivity contribution in [2.45, 2.75) is 18.4 Å². The topological polar surface area (TPSA) is 110 Å². The number of carboxylic acid groups (broad SMARTS) is 1. The minimum Gasteiger partial charge on any atom is -0.548 e. The van der Waals surface area contributed by atoms with Gasteiger partial charge in [0.15, 0.2) is 5.82 Å². The fourth-order valence-corrected chi connectivity index (χ4v) is 4.44. The number of benzene rings is 1. The maximum atomic E-state index is 12.8. The Labute approximate surface area is 210 Å². The smallest absolute Gasteiger partial charge is 0.548 e. The van der Waals surface area contributed by atoms with E-state index in [1.807, 2.05) is 24.3 Å². The SMILES string of the molecule is CN(C=O)C1(C(=O)[O-])CCN(CC(=O)N2CC=C(c3ccc(-c4ncccn4)cc3)CC2)C1.[Li+]. The number of likely N-dealkylation sites (tertiary alicyclic amines) is 1. The van der Waals surface area contributed by atoms with Crippen LogP contribution in [-0.2, 0) is 14.4 Å². The van der Waals surface area contributed by atoms with E-state index in [1.165, 1.54) is 12.6 Å². The number of carbonyl (C=O) groups is 3. The molecule has 0 radical (unpaired) electrons. The molecule has 2 aliphatic rings. The van der Waals surface area contributed by atoms with Gasteiger partial charge in [-0.2, -0.15) is 0 Å². The van der Waals surface area contributed by atoms with Crippen LogP contribution in [0.2, 0.25) is 0 Å². The van der Waals surface area contributed by atoms with Crippen molar-refractivity contribution in [3.05, 3.63) is 54.4 Å². The summed E-state index contributed by atoms with van der Waals surface area (Å²) in [6.07, 6.45) is 6.97. The van der Waals surface area contributed by atoms with Crippen LogP contribution in [0.1, 0.15) is 18.4 Å². The van der Waals surface area contributed by atoms with Crippen molar-refractivity contribution in [1.82, 2.24) is 24.7 Å². The van der Waals surface area contributed by atoms with Crippen LogP contribution in [0.3, 0.4) is 0 Å². The van der Waals surface area contributed by atoms with Crippen LogP contribution in [0.5, 0.6) is 0 Å². The largest absolute Gasteiger partial charge is 1.00 e. The maximum absolute atomic E-state index is 12.8. The van der Waals surface area contributed by atoms with Gasteiger partial charge in [0.1, 0.15) is 0 Å². The van der Waals surface area contributed by atoms with E-state index in [9.17, 15) is 19.5 Å². The minimum absolute atomic E-state index is 0. The molecule has 1 unspecified atom stereocenters. The van der Waals surface area contributed by atoms with Crippen LogP contribution >= 0.6 is 0 Å². The molecule has 0 spiro atoms. The van der Waals surface area contributed by atoms with E-state index in [2.05, 4.69) is 16.0 Å². The summed E-state index contributed by atoms with van der Waals surface area (Å²) in [7, 11) is 1.44. The third-order valence-electron chi connectivity index (χ3n) is 6.54. The van der Waals surface area contributed by atoms with E-state index in [4.69, 9.17) is 0 Å². The van der Waals surface area contributed by atoms with Crippen molar-refractivity contribution >= 4 is 23.9 Å². The van der Waals surface area contributed by atoms with Gasteiger partial charge in [-0.25, -0.2) is 9.97 Å². The van der Waals surface area contributed by atoms with Crippen molar-refractivity contribution in [2.24, 2.45) is 0 Å². The molecule has 0 aliphatic carbocycles. The zero-order valence-corrected chi connectivity index (χ0v) is 19.5. The average molecular weight is 455 g/mol. The molecule has 172 valence electrons. The first-order valence-electron chi connectivity index (χ1n) is 10.9. The van der Waals surface area contributed by atoms with Gasteiger partial charge >= 0.3 is 18.9 Å². The van der Waals surface area contributed by atoms with Crippen molar-refractivity contribution in [1.29, 1.82) is 0 Å². The van der Waals surface area contributed by atoms with Crippen LogP contribution < -0.4 is 24.0 Å². The molecule has 0 saturated carbocycles. The normalized spacial score (nSPS) is 20.3. The Morgan fingerprint density at radius 2 is 1.82 bits per heavy atom. The Hall–Kier alpha value is -2.99. The summed E-state index contributed by atoms with van der Waals surface area (Å²) in [5.74, 6) is -0.658. The number of aliphatic carboxylic acids is 1. The monoisotopic (exact) mass is 455 g/mol. The number of amides is 2. The molecular formula is C24H26LiN5O4. The summed E-state index contributed by atoms with van der Waals surface area (Å²) >= 11 is 0. The van der Waals surface area contributed by atoms with Crippen molar-refractivity contribution in [2.75, 3.05) is 39.8 Å². The predicted octanol–water partition coefficient (Wildman–Crippen LogP) is -2.95. The number of rotatable bonds is 7. The molecule has 1 fully saturated rings. The fourth-order valence-electron chi connectivity index (χ4n) is 4.44. The number of aromatic nitrogens is 2. The molecule has 9 nitrogen and oxygen atoms in total. The average Bonchev–Trinajstić information content (AvgIpc) is 3.29. The van der Waals surface area contributed by atoms with E-state index in [-0.39, 0.29) is 44.3 Å². The van der Waals surface area contributed by atoms with Gasteiger partial charge in [0.2, 0.25) is 12.3 Å². The molecule has 1 aromatic heterocycles. The van der Waals surface area contributed by atoms with Crippen LogP contribution in [0, 0.1) is 0 Å². The summed E-state index contributed by atoms with van der Waals surface area (Å²) in [4.78, 5) is 48.9. The van der Waals surface area contributed by atoms with Gasteiger partial charge in [-0.3, -0.25) is 14.5 Å². The molecule has 1 saturated heterocycles. The van der Waals surface area contributed by atoms with E-state index >= 15 is 0 Å². The predicted molar refractivity (Wildman–Crippen MR) is 119 cm³/mol. The molecule has 0 bridgehead atoms. The number of nitrogens with zero attached hydrogens (tertiary/aromatic N) is 5. The summed E-state index contributed by atoms with van der Waals surface area (Å²) in [5, 5.41) is 11.7. The summed E-state index contributed by atoms with van der Waals surface area (Å²) in [6.45, 7) is 1.73. The second-order valence-corrected chi connectivity index (χ2v) is 8.46. The molecule has 3 heterocycles. The number of carbonyl (C=O) groups excluding carboxylic acids is 3. The second kappa shape index (κ2) is 11.0. The van der Waals surface area contributed by atoms with Crippen LogP contribution in [0.4, 0.5) is 0 Å². The number of hydrogen-bond donors (Lipinski definition) is 0. The Morgan fingerprint density at radius 3 is 2.41 bits per heavy atom. The quantitative estimate of drug-likeness (QED) is 0.324. The van der Waals surface area contributed by atoms with E-state index < -0.39 is 11.5 Å². The molecule has 0 N–H and O–H groups in total. The fraction of sp³-hybridized carbons (Fsp3) is 0.375. The van der Waals surface area contributed by atoms with Crippen LogP contribution in [-0.4, -0.2) is 88.3 Å². The third kappa shape index (κ3) is 5.22. The van der Waals surface area contributed by atoms with E-state index in [1.54, 1.807) is 28.3 Å². The Balaban J connectivity index is 0.00000324. The van der Waals surface area contributed by atoms with Crippen molar-refractivity contribution < 1.29 is 38.4 Å². The summed E-state index contributed by atoms with van der Waals surface area (Å²) in [5.41, 5.74) is 1.86. The zero-order valence-electron chi connectivity index (χ0n) is 19.5. The molecule has 2 aliphatic heterocycles. The van der Waals surface area contributed by atoms with Gasteiger partial charge in [0.25, 0.3) is 0 Å². The zero-order chi connectivity index (χ0) is 23.4. The van der Waals surface area contributed by atoms with Gasteiger partial charge in [-0.05, 0) is 30.0 Å². The van der Waals surface area contributed by atoms with Crippen LogP contribution in [0.25, 0.3) is 17.0 Å². The van der Waals surface area contributed by atoms with Gasteiger partial charge in [0.05, 0.1) is 18.1 Å². The maximum Gasteiger partial charge on any atom is 1.00 e. The summed E-state index contributed by atoms with van der Waals surface area (Å²) < 4.78 is 0. The minimum atomic E-state index is -1.38. The first-order chi connectivity index (χ1) is 15.9. The molecule has 2 amide bonds. The van der Waals surface area contributed by atoms with Crippen molar-refractivity contribution in [3.8, 4) is 11.4 Å². The van der Waals surface area contributed by atoms with Gasteiger partial charge < -0.3 is 19.7 Å². The molecule has 1 atom stereocenters. The standard InChI is InChI=1S/C24H27N5O4.Li/c1-27(17-30)24(23(32)33)9-14-28(16-24)15-21(31)29-12-7-19(8-13-29)18-3-5-20(6-4-18)22-25-10-2-11-26-22;/h2-7,10-11,17H,8-9,12-16H2,1H3,(H,32,33);/q;+1/p-1. The Bertz CT molecular complexity index is 1060. The van der Waals surface area contributed by atoms with Gasteiger partial charge in [-0.1, -0.05) is 30.3 Å². The Morgan fingerprint density at radius 1 is 1.15 bits per heavy atom. The molecule has 34 heavy (non-hydrogen) atoms. The molecule has 2 aromatic rings. The van der Waals surface area contributed by atoms with Gasteiger partial charge in [0, 0.05) is 51.2 Å². The number of carboxylic acids is 1. The second-order valence-electron chi connectivity index (χ2n) is 8.46. The van der Waals surface area contributed by atoms with Gasteiger partial charge in [-0.15, -0.1) is 0 Å². The number of likely N-dealkylation sites (N-methyl/N-ethyl adjacent to an activating group) is 1. The molecule has 10 heteroatoms. The van der Waals surface area contributed by atoms with E-state index in [0.717, 1.165) is 22.4 Å². The van der Waals surface area contributed by atoms with Crippen molar-refractivity contribution in [3.63, 3.8) is 0 Å². The van der Waals surface area contributed by atoms with Crippen LogP contribution in [0.15, 0.2) is 48.8 Å². The molecular weight excluding hydrogens is 429 g/mol. The first-order valence-corrected chi connectivity index (χ1v) is 10.9. The van der Waals surface area contributed by atoms with E-state index in [0.29, 0.717) is 31.9 Å². The molecule has 4 rings (SSSR count). The third-order valence-corrected chi connectivity index (χ3v) is 6.54. The number of hydrogen-bond acceptors (Lipinski definition) is 7. The Kier molecular flexibility index (Phi) is 8.26.